The van der Waals surface area contributed by atoms with Gasteiger partial charge in [-0.25, -0.2) is 0 Å². The standard InChI is InChI=1S/C19H21F3N2O/c20-19(21,22)18-6-2-1-4-16(18)13-24(14-17-5-3-11-25-17)12-15-7-9-23-10-8-15/h1-2,4,6-10,17H,3,5,11-14H2/t17-/m1/s1. The van der Waals surface area contributed by atoms with Crippen molar-refractivity contribution in [3.8, 4) is 0 Å². The van der Waals surface area contributed by atoms with Crippen molar-refractivity contribution >= 4 is 0 Å². The van der Waals surface area contributed by atoms with Crippen LogP contribution in [0, 0.1) is 0 Å². The highest BCUT2D eigenvalue weighted by molar-refractivity contribution is 5.29. The smallest absolute Gasteiger partial charge is 0.377 e. The summed E-state index contributed by atoms with van der Waals surface area (Å²) < 4.78 is 45.5. The van der Waals surface area contributed by atoms with E-state index in [0.29, 0.717) is 18.7 Å². The average Bonchev–Trinajstić information content (AvgIpc) is 3.08. The monoisotopic (exact) mass is 350 g/mol. The maximum Gasteiger partial charge on any atom is 0.416 e. The van der Waals surface area contributed by atoms with E-state index in [0.717, 1.165) is 31.1 Å². The van der Waals surface area contributed by atoms with Crippen LogP contribution in [-0.2, 0) is 24.0 Å². The Morgan fingerprint density at radius 3 is 2.52 bits per heavy atom. The normalized spacial score (nSPS) is 18.0. The Hall–Kier alpha value is -1.92. The third-order valence-electron chi connectivity index (χ3n) is 4.36. The molecule has 3 nitrogen and oxygen atoms in total. The van der Waals surface area contributed by atoms with E-state index >= 15 is 0 Å². The summed E-state index contributed by atoms with van der Waals surface area (Å²) in [6.07, 6.45) is 1.09. The van der Waals surface area contributed by atoms with E-state index in [-0.39, 0.29) is 12.6 Å². The number of rotatable bonds is 6. The van der Waals surface area contributed by atoms with Crippen LogP contribution in [0.2, 0.25) is 0 Å². The van der Waals surface area contributed by atoms with Crippen molar-refractivity contribution in [3.63, 3.8) is 0 Å². The molecule has 0 saturated carbocycles. The second-order valence-electron chi connectivity index (χ2n) is 6.32. The fraction of sp³-hybridized carbons (Fsp3) is 0.421. The van der Waals surface area contributed by atoms with Gasteiger partial charge in [-0.3, -0.25) is 9.88 Å². The topological polar surface area (TPSA) is 25.4 Å². The number of halogens is 3. The first kappa shape index (κ1) is 17.9. The van der Waals surface area contributed by atoms with Crippen LogP contribution >= 0.6 is 0 Å². The molecule has 0 amide bonds. The van der Waals surface area contributed by atoms with Crippen LogP contribution < -0.4 is 0 Å². The van der Waals surface area contributed by atoms with Crippen LogP contribution in [0.5, 0.6) is 0 Å². The van der Waals surface area contributed by atoms with Gasteiger partial charge in [-0.15, -0.1) is 0 Å². The van der Waals surface area contributed by atoms with Crippen LogP contribution in [0.3, 0.4) is 0 Å². The van der Waals surface area contributed by atoms with Crippen LogP contribution in [-0.4, -0.2) is 29.1 Å². The first-order valence-electron chi connectivity index (χ1n) is 8.40. The van der Waals surface area contributed by atoms with E-state index in [2.05, 4.69) is 4.98 Å². The Bertz CT molecular complexity index is 670. The predicted molar refractivity (Wildman–Crippen MR) is 88.8 cm³/mol. The van der Waals surface area contributed by atoms with E-state index in [9.17, 15) is 13.2 Å². The van der Waals surface area contributed by atoms with Gasteiger partial charge in [-0.05, 0) is 42.2 Å². The fourth-order valence-electron chi connectivity index (χ4n) is 3.18. The van der Waals surface area contributed by atoms with Gasteiger partial charge in [0, 0.05) is 38.6 Å². The molecule has 0 bridgehead atoms. The fourth-order valence-corrected chi connectivity index (χ4v) is 3.18. The second-order valence-corrected chi connectivity index (χ2v) is 6.32. The molecule has 0 aliphatic carbocycles. The minimum atomic E-state index is -4.34. The highest BCUT2D eigenvalue weighted by Crippen LogP contribution is 2.32. The molecule has 2 aromatic rings. The quantitative estimate of drug-likeness (QED) is 0.777. The van der Waals surface area contributed by atoms with Gasteiger partial charge in [0.15, 0.2) is 0 Å². The van der Waals surface area contributed by atoms with Gasteiger partial charge in [0.25, 0.3) is 0 Å². The number of aromatic nitrogens is 1. The molecule has 1 atom stereocenters. The third-order valence-corrected chi connectivity index (χ3v) is 4.36. The Morgan fingerprint density at radius 2 is 1.84 bits per heavy atom. The summed E-state index contributed by atoms with van der Waals surface area (Å²) >= 11 is 0. The minimum absolute atomic E-state index is 0.0832. The lowest BCUT2D eigenvalue weighted by Gasteiger charge is -2.26. The Labute approximate surface area is 145 Å². The van der Waals surface area contributed by atoms with Crippen LogP contribution in [0.25, 0.3) is 0 Å². The van der Waals surface area contributed by atoms with Crippen LogP contribution in [0.4, 0.5) is 13.2 Å². The van der Waals surface area contributed by atoms with Gasteiger partial charge >= 0.3 is 6.18 Å². The lowest BCUT2D eigenvalue weighted by Crippen LogP contribution is -2.32. The molecule has 1 aliphatic heterocycles. The van der Waals surface area contributed by atoms with E-state index in [4.69, 9.17) is 4.74 Å². The molecule has 3 rings (SSSR count). The molecule has 1 aliphatic rings. The van der Waals surface area contributed by atoms with E-state index in [1.807, 2.05) is 17.0 Å². The maximum absolute atomic E-state index is 13.3. The van der Waals surface area contributed by atoms with Crippen molar-refractivity contribution in [1.82, 2.24) is 9.88 Å². The SMILES string of the molecule is FC(F)(F)c1ccccc1CN(Cc1ccncc1)C[C@H]1CCCO1. The van der Waals surface area contributed by atoms with Crippen molar-refractivity contribution in [2.45, 2.75) is 38.2 Å². The van der Waals surface area contributed by atoms with Crippen LogP contribution in [0.15, 0.2) is 48.8 Å². The largest absolute Gasteiger partial charge is 0.416 e. The summed E-state index contributed by atoms with van der Waals surface area (Å²) in [7, 11) is 0. The molecule has 0 N–H and O–H groups in total. The van der Waals surface area contributed by atoms with Crippen molar-refractivity contribution in [1.29, 1.82) is 0 Å². The zero-order chi connectivity index (χ0) is 17.7. The maximum atomic E-state index is 13.3. The number of hydrogen-bond donors (Lipinski definition) is 0. The Balaban J connectivity index is 1.79. The first-order valence-corrected chi connectivity index (χ1v) is 8.40. The number of ether oxygens (including phenoxy) is 1. The van der Waals surface area contributed by atoms with Gasteiger partial charge in [0.05, 0.1) is 11.7 Å². The molecule has 0 radical (unpaired) electrons. The third kappa shape index (κ3) is 5.03. The molecule has 1 fully saturated rings. The van der Waals surface area contributed by atoms with Gasteiger partial charge in [0.2, 0.25) is 0 Å². The molecule has 25 heavy (non-hydrogen) atoms. The summed E-state index contributed by atoms with van der Waals surface area (Å²) in [5.41, 5.74) is 0.751. The van der Waals surface area contributed by atoms with Gasteiger partial charge in [0.1, 0.15) is 0 Å². The van der Waals surface area contributed by atoms with Crippen molar-refractivity contribution in [2.75, 3.05) is 13.2 Å². The first-order chi connectivity index (χ1) is 12.0. The van der Waals surface area contributed by atoms with E-state index < -0.39 is 11.7 Å². The predicted octanol–water partition coefficient (Wildman–Crippen LogP) is 4.28. The number of alkyl halides is 3. The average molecular weight is 350 g/mol. The van der Waals surface area contributed by atoms with Gasteiger partial charge < -0.3 is 4.74 Å². The minimum Gasteiger partial charge on any atom is -0.377 e. The number of pyridine rings is 1. The van der Waals surface area contributed by atoms with Crippen molar-refractivity contribution in [2.24, 2.45) is 0 Å². The summed E-state index contributed by atoms with van der Waals surface area (Å²) in [6, 6.07) is 9.56. The molecule has 0 unspecified atom stereocenters. The van der Waals surface area contributed by atoms with Crippen molar-refractivity contribution in [3.05, 3.63) is 65.5 Å². The number of nitrogens with zero attached hydrogens (tertiary/aromatic N) is 2. The molecule has 2 heterocycles. The van der Waals surface area contributed by atoms with Crippen molar-refractivity contribution < 1.29 is 17.9 Å². The van der Waals surface area contributed by atoms with Gasteiger partial charge in [-0.1, -0.05) is 18.2 Å². The summed E-state index contributed by atoms with van der Waals surface area (Å²) in [5.74, 6) is 0. The molecule has 1 aromatic heterocycles. The molecule has 6 heteroatoms. The molecule has 1 saturated heterocycles. The van der Waals surface area contributed by atoms with E-state index in [1.165, 1.54) is 6.07 Å². The number of benzene rings is 1. The molecule has 0 spiro atoms. The second kappa shape index (κ2) is 7.97. The Morgan fingerprint density at radius 1 is 1.08 bits per heavy atom. The zero-order valence-corrected chi connectivity index (χ0v) is 13.9. The van der Waals surface area contributed by atoms with Crippen LogP contribution in [0.1, 0.15) is 29.5 Å². The summed E-state index contributed by atoms with van der Waals surface area (Å²) in [6.45, 7) is 2.15. The van der Waals surface area contributed by atoms with E-state index in [1.54, 1.807) is 24.5 Å². The zero-order valence-electron chi connectivity index (χ0n) is 13.9. The lowest BCUT2D eigenvalue weighted by atomic mass is 10.1. The molecule has 134 valence electrons. The summed E-state index contributed by atoms with van der Waals surface area (Å²) in [4.78, 5) is 6.02. The number of hydrogen-bond acceptors (Lipinski definition) is 3. The molecular weight excluding hydrogens is 329 g/mol. The highest BCUT2D eigenvalue weighted by atomic mass is 19.4. The van der Waals surface area contributed by atoms with Gasteiger partial charge in [-0.2, -0.15) is 13.2 Å². The molecular formula is C19H21F3N2O. The molecule has 1 aromatic carbocycles. The lowest BCUT2D eigenvalue weighted by molar-refractivity contribution is -0.138. The Kier molecular flexibility index (Phi) is 5.71. The summed E-state index contributed by atoms with van der Waals surface area (Å²) in [5, 5.41) is 0. The highest BCUT2D eigenvalue weighted by Gasteiger charge is 2.33.